The van der Waals surface area contributed by atoms with E-state index in [1.54, 1.807) is 31.4 Å². The molecule has 3 aromatic carbocycles. The van der Waals surface area contributed by atoms with E-state index in [9.17, 15) is 5.11 Å². The van der Waals surface area contributed by atoms with Crippen LogP contribution in [0.2, 0.25) is 0 Å². The van der Waals surface area contributed by atoms with Gasteiger partial charge in [0.1, 0.15) is 17.3 Å². The van der Waals surface area contributed by atoms with Crippen LogP contribution in [-0.2, 0) is 0 Å². The number of phenolic OH excluding ortho intramolecular Hbond substituents is 1. The van der Waals surface area contributed by atoms with E-state index in [2.05, 4.69) is 10.3 Å². The Kier molecular flexibility index (Phi) is 6.43. The van der Waals surface area contributed by atoms with Crippen molar-refractivity contribution in [1.29, 1.82) is 0 Å². The summed E-state index contributed by atoms with van der Waals surface area (Å²) in [6.07, 6.45) is 0. The molecule has 0 saturated heterocycles. The smallest absolute Gasteiger partial charge is 0.138 e. The molecule has 0 atom stereocenters. The number of nitrogens with one attached hydrogen (secondary N) is 1. The highest BCUT2D eigenvalue weighted by atomic mass is 35.5. The van der Waals surface area contributed by atoms with E-state index in [-0.39, 0.29) is 18.2 Å². The summed E-state index contributed by atoms with van der Waals surface area (Å²) < 4.78 is 5.21. The van der Waals surface area contributed by atoms with Crippen LogP contribution in [0.5, 0.6) is 11.5 Å². The number of phenols is 1. The summed E-state index contributed by atoms with van der Waals surface area (Å²) in [7, 11) is 1.64. The summed E-state index contributed by atoms with van der Waals surface area (Å²) >= 11 is 0. The van der Waals surface area contributed by atoms with E-state index in [0.717, 1.165) is 28.5 Å². The average molecular weight is 355 g/mol. The van der Waals surface area contributed by atoms with Crippen LogP contribution in [0.15, 0.2) is 83.9 Å². The molecule has 0 unspecified atom stereocenters. The molecule has 0 amide bonds. The van der Waals surface area contributed by atoms with Gasteiger partial charge in [-0.05, 0) is 60.7 Å². The topological polar surface area (TPSA) is 53.9 Å². The molecule has 0 aliphatic heterocycles. The van der Waals surface area contributed by atoms with Crippen LogP contribution < -0.4 is 10.1 Å². The molecule has 0 aliphatic carbocycles. The largest absolute Gasteiger partial charge is 0.508 e. The van der Waals surface area contributed by atoms with Crippen molar-refractivity contribution in [2.75, 3.05) is 12.4 Å². The molecular weight excluding hydrogens is 336 g/mol. The van der Waals surface area contributed by atoms with E-state index in [1.807, 2.05) is 54.6 Å². The number of aromatic hydroxyl groups is 1. The summed E-state index contributed by atoms with van der Waals surface area (Å²) in [4.78, 5) is 4.67. The standard InChI is InChI=1S/C20H18N2O2.ClH/c1-24-19-13-7-15(8-14-19)20(21-16-5-3-2-4-6-16)22-17-9-11-18(23)12-10-17;/h2-14,23H,1H3,(H,21,22);1H. The highest BCUT2D eigenvalue weighted by molar-refractivity contribution is 6.09. The normalized spacial score (nSPS) is 10.7. The van der Waals surface area contributed by atoms with Gasteiger partial charge in [-0.3, -0.25) is 0 Å². The maximum Gasteiger partial charge on any atom is 0.138 e. The van der Waals surface area contributed by atoms with Crippen molar-refractivity contribution in [2.24, 2.45) is 4.99 Å². The zero-order chi connectivity index (χ0) is 16.8. The molecule has 25 heavy (non-hydrogen) atoms. The number of ether oxygens (including phenoxy) is 1. The lowest BCUT2D eigenvalue weighted by molar-refractivity contribution is 0.415. The molecule has 2 N–H and O–H groups in total. The first-order valence-corrected chi connectivity index (χ1v) is 7.59. The van der Waals surface area contributed by atoms with E-state index >= 15 is 0 Å². The lowest BCUT2D eigenvalue weighted by Gasteiger charge is -2.11. The lowest BCUT2D eigenvalue weighted by Crippen LogP contribution is -2.13. The molecule has 0 saturated carbocycles. The highest BCUT2D eigenvalue weighted by Crippen LogP contribution is 2.20. The maximum absolute atomic E-state index is 9.42. The van der Waals surface area contributed by atoms with Crippen LogP contribution >= 0.6 is 12.4 Å². The van der Waals surface area contributed by atoms with Gasteiger partial charge in [0, 0.05) is 11.3 Å². The van der Waals surface area contributed by atoms with Gasteiger partial charge in [-0.2, -0.15) is 0 Å². The van der Waals surface area contributed by atoms with Gasteiger partial charge >= 0.3 is 0 Å². The Morgan fingerprint density at radius 3 is 2.12 bits per heavy atom. The molecule has 0 fully saturated rings. The third kappa shape index (κ3) is 4.99. The van der Waals surface area contributed by atoms with E-state index in [1.165, 1.54) is 0 Å². The van der Waals surface area contributed by atoms with Gasteiger partial charge in [0.2, 0.25) is 0 Å². The van der Waals surface area contributed by atoms with Crippen molar-refractivity contribution in [1.82, 2.24) is 0 Å². The number of methoxy groups -OCH3 is 1. The van der Waals surface area contributed by atoms with Crippen LogP contribution in [0.1, 0.15) is 5.56 Å². The fourth-order valence-electron chi connectivity index (χ4n) is 2.23. The van der Waals surface area contributed by atoms with Crippen LogP contribution in [0.3, 0.4) is 0 Å². The van der Waals surface area contributed by atoms with Gasteiger partial charge in [0.05, 0.1) is 12.8 Å². The minimum atomic E-state index is 0. The van der Waals surface area contributed by atoms with Crippen LogP contribution in [-0.4, -0.2) is 18.1 Å². The van der Waals surface area contributed by atoms with Gasteiger partial charge in [-0.1, -0.05) is 18.2 Å². The summed E-state index contributed by atoms with van der Waals surface area (Å²) in [6, 6.07) is 24.3. The maximum atomic E-state index is 9.42. The van der Waals surface area contributed by atoms with Gasteiger partial charge in [-0.25, -0.2) is 4.99 Å². The molecule has 0 radical (unpaired) electrons. The van der Waals surface area contributed by atoms with Gasteiger partial charge < -0.3 is 15.2 Å². The van der Waals surface area contributed by atoms with Crippen molar-refractivity contribution in [3.63, 3.8) is 0 Å². The van der Waals surface area contributed by atoms with Gasteiger partial charge in [0.25, 0.3) is 0 Å². The fraction of sp³-hybridized carbons (Fsp3) is 0.0500. The van der Waals surface area contributed by atoms with Crippen molar-refractivity contribution < 1.29 is 9.84 Å². The molecule has 0 spiro atoms. The molecular formula is C20H19ClN2O2. The third-order valence-electron chi connectivity index (χ3n) is 3.49. The number of para-hydroxylation sites is 1. The number of anilines is 1. The zero-order valence-corrected chi connectivity index (χ0v) is 14.5. The quantitative estimate of drug-likeness (QED) is 0.511. The minimum absolute atomic E-state index is 0. The van der Waals surface area contributed by atoms with Crippen molar-refractivity contribution in [3.8, 4) is 11.5 Å². The Morgan fingerprint density at radius 1 is 0.880 bits per heavy atom. The highest BCUT2D eigenvalue weighted by Gasteiger charge is 2.05. The first kappa shape index (κ1) is 18.4. The number of rotatable bonds is 4. The van der Waals surface area contributed by atoms with E-state index in [4.69, 9.17) is 4.74 Å². The Balaban J connectivity index is 0.00000225. The molecule has 5 heteroatoms. The summed E-state index contributed by atoms with van der Waals surface area (Å²) in [5.74, 6) is 1.73. The van der Waals surface area contributed by atoms with Crippen molar-refractivity contribution >= 4 is 29.6 Å². The number of hydrogen-bond donors (Lipinski definition) is 2. The minimum Gasteiger partial charge on any atom is -0.508 e. The number of benzene rings is 3. The Labute approximate surface area is 153 Å². The number of aliphatic imine (C=N–C) groups is 1. The second-order valence-electron chi connectivity index (χ2n) is 5.20. The first-order chi connectivity index (χ1) is 11.7. The van der Waals surface area contributed by atoms with Gasteiger partial charge in [-0.15, -0.1) is 12.4 Å². The Bertz CT molecular complexity index is 817. The monoisotopic (exact) mass is 354 g/mol. The number of amidine groups is 1. The van der Waals surface area contributed by atoms with Gasteiger partial charge in [0.15, 0.2) is 0 Å². The van der Waals surface area contributed by atoms with Crippen LogP contribution in [0, 0.1) is 0 Å². The first-order valence-electron chi connectivity index (χ1n) is 7.59. The van der Waals surface area contributed by atoms with Crippen LogP contribution in [0.25, 0.3) is 0 Å². The van der Waals surface area contributed by atoms with E-state index in [0.29, 0.717) is 0 Å². The Hall–Kier alpha value is -2.98. The molecule has 0 aromatic heterocycles. The molecule has 0 bridgehead atoms. The molecule has 0 heterocycles. The number of nitrogens with zero attached hydrogens (tertiary/aromatic N) is 1. The summed E-state index contributed by atoms with van der Waals surface area (Å²) in [5, 5.41) is 12.8. The fourth-order valence-corrected chi connectivity index (χ4v) is 2.23. The molecule has 3 rings (SSSR count). The molecule has 4 nitrogen and oxygen atoms in total. The van der Waals surface area contributed by atoms with Crippen molar-refractivity contribution in [3.05, 3.63) is 84.4 Å². The second kappa shape index (κ2) is 8.76. The predicted molar refractivity (Wildman–Crippen MR) is 105 cm³/mol. The molecule has 0 aliphatic rings. The van der Waals surface area contributed by atoms with Crippen LogP contribution in [0.4, 0.5) is 11.4 Å². The molecule has 128 valence electrons. The summed E-state index contributed by atoms with van der Waals surface area (Å²) in [5.41, 5.74) is 2.64. The second-order valence-corrected chi connectivity index (χ2v) is 5.20. The lowest BCUT2D eigenvalue weighted by atomic mass is 10.2. The number of halogens is 1. The zero-order valence-electron chi connectivity index (χ0n) is 13.7. The van der Waals surface area contributed by atoms with E-state index < -0.39 is 0 Å². The average Bonchev–Trinajstić information content (AvgIpc) is 2.64. The van der Waals surface area contributed by atoms with Crippen molar-refractivity contribution in [2.45, 2.75) is 0 Å². The molecule has 3 aromatic rings. The predicted octanol–water partition coefficient (Wildman–Crippen LogP) is 5.01. The number of hydrogen-bond acceptors (Lipinski definition) is 3. The SMILES string of the molecule is COc1ccc(C(=Nc2ccc(O)cc2)Nc2ccccc2)cc1.Cl. The Morgan fingerprint density at radius 2 is 1.52 bits per heavy atom. The third-order valence-corrected chi connectivity index (χ3v) is 3.49. The summed E-state index contributed by atoms with van der Waals surface area (Å²) in [6.45, 7) is 0.